The Kier molecular flexibility index (Phi) is 6.10. The lowest BCUT2D eigenvalue weighted by atomic mass is 10.0. The van der Waals surface area contributed by atoms with Crippen LogP contribution in [0.1, 0.15) is 36.0 Å². The number of anilines is 1. The van der Waals surface area contributed by atoms with Gasteiger partial charge in [-0.25, -0.2) is 9.07 Å². The van der Waals surface area contributed by atoms with E-state index in [0.717, 1.165) is 11.1 Å². The third kappa shape index (κ3) is 4.58. The van der Waals surface area contributed by atoms with Gasteiger partial charge in [0.1, 0.15) is 17.7 Å². The van der Waals surface area contributed by atoms with Crippen LogP contribution in [0.3, 0.4) is 0 Å². The quantitative estimate of drug-likeness (QED) is 0.677. The Bertz CT molecular complexity index is 942. The highest BCUT2D eigenvalue weighted by atomic mass is 19.1. The molecule has 0 aliphatic carbocycles. The van der Waals surface area contributed by atoms with Gasteiger partial charge in [-0.3, -0.25) is 4.79 Å². The summed E-state index contributed by atoms with van der Waals surface area (Å²) in [5, 5.41) is 14.4. The molecule has 28 heavy (non-hydrogen) atoms. The lowest BCUT2D eigenvalue weighted by Gasteiger charge is -2.18. The number of carbonyl (C=O) groups excluding carboxylic acids is 1. The number of benzene rings is 2. The molecule has 0 bridgehead atoms. The van der Waals surface area contributed by atoms with E-state index >= 15 is 0 Å². The Labute approximate surface area is 162 Å². The summed E-state index contributed by atoms with van der Waals surface area (Å²) in [5.74, 6) is -0.0709. The number of hydrogen-bond donors (Lipinski definition) is 1. The van der Waals surface area contributed by atoms with Gasteiger partial charge in [-0.1, -0.05) is 24.3 Å². The number of ether oxygens (including phenoxy) is 1. The summed E-state index contributed by atoms with van der Waals surface area (Å²) in [6.07, 6.45) is 0.236. The Morgan fingerprint density at radius 3 is 2.64 bits per heavy atom. The molecule has 3 aromatic rings. The summed E-state index contributed by atoms with van der Waals surface area (Å²) in [6, 6.07) is 12.8. The van der Waals surface area contributed by atoms with Crippen LogP contribution in [0.15, 0.2) is 48.5 Å². The number of nitrogens with zero attached hydrogens (tertiary/aromatic N) is 4. The van der Waals surface area contributed by atoms with Crippen LogP contribution in [-0.2, 0) is 16.0 Å². The van der Waals surface area contributed by atoms with Gasteiger partial charge in [0.05, 0.1) is 6.10 Å². The average molecular weight is 383 g/mol. The number of aromatic nitrogens is 4. The number of amides is 1. The van der Waals surface area contributed by atoms with E-state index in [9.17, 15) is 9.18 Å². The molecule has 0 spiro atoms. The van der Waals surface area contributed by atoms with Crippen molar-refractivity contribution in [3.05, 3.63) is 71.3 Å². The Hall–Kier alpha value is -3.13. The maximum absolute atomic E-state index is 13.2. The monoisotopic (exact) mass is 383 g/mol. The fourth-order valence-electron chi connectivity index (χ4n) is 2.89. The van der Waals surface area contributed by atoms with E-state index in [4.69, 9.17) is 4.74 Å². The number of carbonyl (C=O) groups is 1. The van der Waals surface area contributed by atoms with Crippen LogP contribution in [0.5, 0.6) is 0 Å². The molecule has 2 atom stereocenters. The Morgan fingerprint density at radius 1 is 1.25 bits per heavy atom. The van der Waals surface area contributed by atoms with Crippen LogP contribution in [0.4, 0.5) is 10.1 Å². The van der Waals surface area contributed by atoms with E-state index in [0.29, 0.717) is 17.9 Å². The molecule has 146 valence electrons. The van der Waals surface area contributed by atoms with Crippen molar-refractivity contribution in [1.29, 1.82) is 0 Å². The Balaban J connectivity index is 1.85. The summed E-state index contributed by atoms with van der Waals surface area (Å²) in [4.78, 5) is 13.1. The SMILES string of the molecule is COC(C)c1cccc(NC(=O)C(Cc2ccc(F)cc2)n2nnnc2C)c1. The van der Waals surface area contributed by atoms with Gasteiger partial charge in [-0.05, 0) is 59.7 Å². The van der Waals surface area contributed by atoms with Crippen molar-refractivity contribution in [2.45, 2.75) is 32.4 Å². The molecular weight excluding hydrogens is 361 g/mol. The summed E-state index contributed by atoms with van der Waals surface area (Å²) in [5.41, 5.74) is 2.41. The molecule has 1 heterocycles. The molecule has 0 radical (unpaired) electrons. The van der Waals surface area contributed by atoms with Gasteiger partial charge in [0.25, 0.3) is 0 Å². The second-order valence-electron chi connectivity index (χ2n) is 6.51. The topological polar surface area (TPSA) is 81.9 Å². The number of aryl methyl sites for hydroxylation is 1. The number of halogens is 1. The molecular formula is C20H22FN5O2. The molecule has 2 unspecified atom stereocenters. The van der Waals surface area contributed by atoms with E-state index < -0.39 is 6.04 Å². The molecule has 0 fully saturated rings. The number of methoxy groups -OCH3 is 1. The van der Waals surface area contributed by atoms with Gasteiger partial charge in [0.15, 0.2) is 0 Å². The smallest absolute Gasteiger partial charge is 0.249 e. The predicted octanol–water partition coefficient (Wildman–Crippen LogP) is 3.25. The van der Waals surface area contributed by atoms with E-state index in [1.54, 1.807) is 26.2 Å². The average Bonchev–Trinajstić information content (AvgIpc) is 3.12. The van der Waals surface area contributed by atoms with Crippen molar-refractivity contribution in [3.8, 4) is 0 Å². The van der Waals surface area contributed by atoms with Crippen molar-refractivity contribution in [3.63, 3.8) is 0 Å². The zero-order chi connectivity index (χ0) is 20.1. The molecule has 2 aromatic carbocycles. The first-order valence-corrected chi connectivity index (χ1v) is 8.90. The van der Waals surface area contributed by atoms with Crippen molar-refractivity contribution in [1.82, 2.24) is 20.2 Å². The fraction of sp³-hybridized carbons (Fsp3) is 0.300. The molecule has 8 heteroatoms. The maximum Gasteiger partial charge on any atom is 0.249 e. The second-order valence-corrected chi connectivity index (χ2v) is 6.51. The summed E-state index contributed by atoms with van der Waals surface area (Å²) in [7, 11) is 1.63. The highest BCUT2D eigenvalue weighted by Crippen LogP contribution is 2.22. The first-order chi connectivity index (χ1) is 13.5. The minimum Gasteiger partial charge on any atom is -0.377 e. The molecule has 0 aliphatic rings. The van der Waals surface area contributed by atoms with Crippen LogP contribution in [0, 0.1) is 12.7 Å². The molecule has 0 aliphatic heterocycles. The van der Waals surface area contributed by atoms with Gasteiger partial charge in [0.2, 0.25) is 5.91 Å². The highest BCUT2D eigenvalue weighted by Gasteiger charge is 2.24. The summed E-state index contributed by atoms with van der Waals surface area (Å²) < 4.78 is 20.0. The van der Waals surface area contributed by atoms with Crippen LogP contribution >= 0.6 is 0 Å². The third-order valence-electron chi connectivity index (χ3n) is 4.57. The molecule has 7 nitrogen and oxygen atoms in total. The molecule has 0 saturated heterocycles. The van der Waals surface area contributed by atoms with Crippen LogP contribution in [0.25, 0.3) is 0 Å². The third-order valence-corrected chi connectivity index (χ3v) is 4.57. The maximum atomic E-state index is 13.2. The zero-order valence-electron chi connectivity index (χ0n) is 16.0. The van der Waals surface area contributed by atoms with Crippen molar-refractivity contribution in [2.75, 3.05) is 12.4 Å². The van der Waals surface area contributed by atoms with Crippen molar-refractivity contribution < 1.29 is 13.9 Å². The number of nitrogens with one attached hydrogen (secondary N) is 1. The molecule has 1 amide bonds. The van der Waals surface area contributed by atoms with Crippen LogP contribution < -0.4 is 5.32 Å². The Morgan fingerprint density at radius 2 is 2.00 bits per heavy atom. The number of tetrazole rings is 1. The lowest BCUT2D eigenvalue weighted by Crippen LogP contribution is -2.29. The van der Waals surface area contributed by atoms with Gasteiger partial charge in [0, 0.05) is 19.2 Å². The number of rotatable bonds is 7. The highest BCUT2D eigenvalue weighted by molar-refractivity contribution is 5.94. The first-order valence-electron chi connectivity index (χ1n) is 8.90. The van der Waals surface area contributed by atoms with Crippen LogP contribution in [-0.4, -0.2) is 33.2 Å². The first kappa shape index (κ1) is 19.6. The molecule has 1 aromatic heterocycles. The molecule has 1 N–H and O–H groups in total. The zero-order valence-corrected chi connectivity index (χ0v) is 16.0. The summed E-state index contributed by atoms with van der Waals surface area (Å²) >= 11 is 0. The van der Waals surface area contributed by atoms with Gasteiger partial charge in [-0.2, -0.15) is 0 Å². The van der Waals surface area contributed by atoms with Crippen LogP contribution in [0.2, 0.25) is 0 Å². The second kappa shape index (κ2) is 8.71. The summed E-state index contributed by atoms with van der Waals surface area (Å²) in [6.45, 7) is 3.66. The standard InChI is InChI=1S/C20H22FN5O2/c1-13(28-3)16-5-4-6-18(12-16)22-20(27)19(26-14(2)23-24-25-26)11-15-7-9-17(21)10-8-15/h4-10,12-13,19H,11H2,1-3H3,(H,22,27). The minimum absolute atomic E-state index is 0.0892. The van der Waals surface area contributed by atoms with E-state index in [2.05, 4.69) is 20.8 Å². The minimum atomic E-state index is -0.677. The van der Waals surface area contributed by atoms with Gasteiger partial charge >= 0.3 is 0 Å². The van der Waals surface area contributed by atoms with Gasteiger partial charge < -0.3 is 10.1 Å². The molecule has 3 rings (SSSR count). The fourth-order valence-corrected chi connectivity index (χ4v) is 2.89. The largest absolute Gasteiger partial charge is 0.377 e. The van der Waals surface area contributed by atoms with E-state index in [-0.39, 0.29) is 17.8 Å². The van der Waals surface area contributed by atoms with E-state index in [1.807, 2.05) is 31.2 Å². The van der Waals surface area contributed by atoms with Gasteiger partial charge in [-0.15, -0.1) is 5.10 Å². The van der Waals surface area contributed by atoms with Crippen molar-refractivity contribution in [2.24, 2.45) is 0 Å². The lowest BCUT2D eigenvalue weighted by molar-refractivity contribution is -0.119. The van der Waals surface area contributed by atoms with E-state index in [1.165, 1.54) is 16.8 Å². The number of hydrogen-bond acceptors (Lipinski definition) is 5. The predicted molar refractivity (Wildman–Crippen MR) is 102 cm³/mol. The normalized spacial score (nSPS) is 13.1. The van der Waals surface area contributed by atoms with Crippen molar-refractivity contribution >= 4 is 11.6 Å². The molecule has 0 saturated carbocycles.